The number of hydrogen-bond acceptors (Lipinski definition) is 5. The topological polar surface area (TPSA) is 84.9 Å². The first-order valence-corrected chi connectivity index (χ1v) is 12.2. The van der Waals surface area contributed by atoms with Gasteiger partial charge >= 0.3 is 0 Å². The Morgan fingerprint density at radius 2 is 1.74 bits per heavy atom. The number of fused-ring (bicyclic) bond motifs is 1. The fourth-order valence-corrected chi connectivity index (χ4v) is 4.84. The molecule has 1 N–H and O–H groups in total. The van der Waals surface area contributed by atoms with E-state index in [1.54, 1.807) is 25.1 Å². The standard InChI is InChI=1S/C23H30N2O5S/c1-6-20(18-8-7-15(2)16(3)13-18)24-23(26)17(4)25(31(5,27)28)19-9-10-21-22(14-19)30-12-11-29-21/h7-10,13-14,17,20H,6,11-12H2,1-5H3,(H,24,26). The molecule has 0 radical (unpaired) electrons. The van der Waals surface area contributed by atoms with Gasteiger partial charge in [-0.2, -0.15) is 0 Å². The number of sulfonamides is 1. The Balaban J connectivity index is 1.86. The van der Waals surface area contributed by atoms with Crippen molar-refractivity contribution in [2.45, 2.75) is 46.2 Å². The van der Waals surface area contributed by atoms with Crippen LogP contribution in [-0.4, -0.2) is 39.8 Å². The van der Waals surface area contributed by atoms with Gasteiger partial charge in [0.05, 0.1) is 18.0 Å². The van der Waals surface area contributed by atoms with E-state index in [1.165, 1.54) is 5.56 Å². The fraction of sp³-hybridized carbons (Fsp3) is 0.435. The number of amides is 1. The maximum Gasteiger partial charge on any atom is 0.244 e. The van der Waals surface area contributed by atoms with Gasteiger partial charge in [-0.15, -0.1) is 0 Å². The van der Waals surface area contributed by atoms with E-state index < -0.39 is 16.1 Å². The number of ether oxygens (including phenoxy) is 2. The molecule has 1 amide bonds. The number of nitrogens with one attached hydrogen (secondary N) is 1. The number of benzene rings is 2. The lowest BCUT2D eigenvalue weighted by Gasteiger charge is -2.30. The highest BCUT2D eigenvalue weighted by atomic mass is 32.2. The highest BCUT2D eigenvalue weighted by molar-refractivity contribution is 7.92. The molecule has 8 heteroatoms. The van der Waals surface area contributed by atoms with Crippen LogP contribution >= 0.6 is 0 Å². The molecular formula is C23H30N2O5S. The van der Waals surface area contributed by atoms with Crippen LogP contribution in [0.25, 0.3) is 0 Å². The van der Waals surface area contributed by atoms with E-state index in [9.17, 15) is 13.2 Å². The monoisotopic (exact) mass is 446 g/mol. The van der Waals surface area contributed by atoms with Crippen molar-refractivity contribution >= 4 is 21.6 Å². The molecule has 2 aromatic rings. The molecule has 0 saturated carbocycles. The minimum atomic E-state index is -3.73. The molecule has 168 valence electrons. The Morgan fingerprint density at radius 3 is 2.35 bits per heavy atom. The second-order valence-electron chi connectivity index (χ2n) is 7.88. The molecule has 3 rings (SSSR count). The van der Waals surface area contributed by atoms with E-state index in [1.807, 2.05) is 32.9 Å². The first-order valence-electron chi connectivity index (χ1n) is 10.4. The van der Waals surface area contributed by atoms with Crippen LogP contribution in [0.15, 0.2) is 36.4 Å². The van der Waals surface area contributed by atoms with Crippen LogP contribution in [0.3, 0.4) is 0 Å². The molecule has 0 aliphatic carbocycles. The molecule has 0 fully saturated rings. The van der Waals surface area contributed by atoms with Gasteiger partial charge in [0, 0.05) is 6.07 Å². The summed E-state index contributed by atoms with van der Waals surface area (Å²) in [5.41, 5.74) is 3.68. The highest BCUT2D eigenvalue weighted by Crippen LogP contribution is 2.35. The number of aryl methyl sites for hydroxylation is 2. The zero-order valence-electron chi connectivity index (χ0n) is 18.6. The summed E-state index contributed by atoms with van der Waals surface area (Å²) in [6, 6.07) is 9.81. The Kier molecular flexibility index (Phi) is 6.79. The summed E-state index contributed by atoms with van der Waals surface area (Å²) in [6.07, 6.45) is 1.78. The molecule has 1 heterocycles. The van der Waals surface area contributed by atoms with Crippen molar-refractivity contribution in [3.63, 3.8) is 0 Å². The Morgan fingerprint density at radius 1 is 1.06 bits per heavy atom. The van der Waals surface area contributed by atoms with E-state index in [-0.39, 0.29) is 11.9 Å². The van der Waals surface area contributed by atoms with Crippen LogP contribution in [0.2, 0.25) is 0 Å². The van der Waals surface area contributed by atoms with E-state index in [2.05, 4.69) is 11.4 Å². The van der Waals surface area contributed by atoms with Crippen molar-refractivity contribution < 1.29 is 22.7 Å². The van der Waals surface area contributed by atoms with Crippen molar-refractivity contribution in [2.75, 3.05) is 23.8 Å². The second-order valence-corrected chi connectivity index (χ2v) is 9.74. The molecule has 0 saturated heterocycles. The molecule has 0 spiro atoms. The largest absolute Gasteiger partial charge is 0.486 e. The summed E-state index contributed by atoms with van der Waals surface area (Å²) < 4.78 is 37.5. The molecule has 7 nitrogen and oxygen atoms in total. The lowest BCUT2D eigenvalue weighted by molar-refractivity contribution is -0.122. The van der Waals surface area contributed by atoms with Gasteiger partial charge < -0.3 is 14.8 Å². The SMILES string of the molecule is CCC(NC(=O)C(C)N(c1ccc2c(c1)OCCO2)S(C)(=O)=O)c1ccc(C)c(C)c1. The van der Waals surface area contributed by atoms with E-state index in [4.69, 9.17) is 9.47 Å². The summed E-state index contributed by atoms with van der Waals surface area (Å²) in [7, 11) is -3.73. The molecule has 1 aliphatic heterocycles. The van der Waals surface area contributed by atoms with Gasteiger partial charge in [-0.3, -0.25) is 9.10 Å². The van der Waals surface area contributed by atoms with Crippen molar-refractivity contribution in [2.24, 2.45) is 0 Å². The van der Waals surface area contributed by atoms with Gasteiger partial charge in [0.2, 0.25) is 15.9 Å². The summed E-state index contributed by atoms with van der Waals surface area (Å²) in [6.45, 7) is 8.47. The number of hydrogen-bond donors (Lipinski definition) is 1. The zero-order valence-corrected chi connectivity index (χ0v) is 19.5. The first-order chi connectivity index (χ1) is 14.6. The zero-order chi connectivity index (χ0) is 22.8. The van der Waals surface area contributed by atoms with Gasteiger partial charge in [-0.05, 0) is 56.0 Å². The van der Waals surface area contributed by atoms with Crippen LogP contribution in [0, 0.1) is 13.8 Å². The van der Waals surface area contributed by atoms with Gasteiger partial charge in [0.25, 0.3) is 0 Å². The summed E-state index contributed by atoms with van der Waals surface area (Å²) in [4.78, 5) is 13.1. The van der Waals surface area contributed by atoms with Crippen molar-refractivity contribution in [1.29, 1.82) is 0 Å². The fourth-order valence-electron chi connectivity index (χ4n) is 3.67. The predicted octanol–water partition coefficient (Wildman–Crippen LogP) is 3.50. The third-order valence-corrected chi connectivity index (χ3v) is 6.77. The molecule has 1 aliphatic rings. The van der Waals surface area contributed by atoms with Gasteiger partial charge in [0.15, 0.2) is 11.5 Å². The summed E-state index contributed by atoms with van der Waals surface area (Å²) >= 11 is 0. The second kappa shape index (κ2) is 9.18. The third-order valence-electron chi connectivity index (χ3n) is 5.53. The van der Waals surface area contributed by atoms with Crippen LogP contribution in [0.4, 0.5) is 5.69 Å². The van der Waals surface area contributed by atoms with Crippen LogP contribution < -0.4 is 19.1 Å². The number of anilines is 1. The smallest absolute Gasteiger partial charge is 0.244 e. The summed E-state index contributed by atoms with van der Waals surface area (Å²) in [5.74, 6) is 0.651. The number of carbonyl (C=O) groups excluding carboxylic acids is 1. The predicted molar refractivity (Wildman–Crippen MR) is 121 cm³/mol. The van der Waals surface area contributed by atoms with Crippen molar-refractivity contribution in [3.05, 3.63) is 53.1 Å². The van der Waals surface area contributed by atoms with Crippen molar-refractivity contribution in [3.8, 4) is 11.5 Å². The average molecular weight is 447 g/mol. The van der Waals surface area contributed by atoms with Crippen LogP contribution in [0.5, 0.6) is 11.5 Å². The van der Waals surface area contributed by atoms with Crippen LogP contribution in [-0.2, 0) is 14.8 Å². The van der Waals surface area contributed by atoms with Gasteiger partial charge in [-0.1, -0.05) is 25.1 Å². The van der Waals surface area contributed by atoms with E-state index in [0.717, 1.165) is 21.7 Å². The van der Waals surface area contributed by atoms with Crippen LogP contribution in [0.1, 0.15) is 43.0 Å². The quantitative estimate of drug-likeness (QED) is 0.704. The Labute approximate surface area is 184 Å². The molecule has 2 unspecified atom stereocenters. The number of rotatable bonds is 7. The highest BCUT2D eigenvalue weighted by Gasteiger charge is 2.31. The van der Waals surface area contributed by atoms with Gasteiger partial charge in [-0.25, -0.2) is 8.42 Å². The molecular weight excluding hydrogens is 416 g/mol. The molecule has 2 atom stereocenters. The molecule has 31 heavy (non-hydrogen) atoms. The molecule has 0 aromatic heterocycles. The lowest BCUT2D eigenvalue weighted by Crippen LogP contribution is -2.48. The number of nitrogens with zero attached hydrogens (tertiary/aromatic N) is 1. The van der Waals surface area contributed by atoms with Gasteiger partial charge in [0.1, 0.15) is 19.3 Å². The minimum Gasteiger partial charge on any atom is -0.486 e. The Hall–Kier alpha value is -2.74. The van der Waals surface area contributed by atoms with E-state index >= 15 is 0 Å². The molecule has 2 aromatic carbocycles. The average Bonchev–Trinajstić information content (AvgIpc) is 2.72. The maximum absolute atomic E-state index is 13.1. The Bertz CT molecular complexity index is 1070. The summed E-state index contributed by atoms with van der Waals surface area (Å²) in [5, 5.41) is 3.01. The molecule has 0 bridgehead atoms. The normalized spacial score (nSPS) is 15.1. The van der Waals surface area contributed by atoms with Crippen molar-refractivity contribution in [1.82, 2.24) is 5.32 Å². The maximum atomic E-state index is 13.1. The number of carbonyl (C=O) groups is 1. The van der Waals surface area contributed by atoms with E-state index in [0.29, 0.717) is 36.8 Å². The lowest BCUT2D eigenvalue weighted by atomic mass is 9.99. The first kappa shape index (κ1) is 22.9. The third kappa shape index (κ3) is 5.12. The minimum absolute atomic E-state index is 0.212.